The topological polar surface area (TPSA) is 12.0 Å². The Labute approximate surface area is 86.5 Å². The largest absolute Gasteiger partial charge is 0.313 e. The highest BCUT2D eigenvalue weighted by Gasteiger charge is 2.22. The van der Waals surface area contributed by atoms with Crippen molar-refractivity contribution in [2.75, 3.05) is 6.54 Å². The molecule has 14 heavy (non-hydrogen) atoms. The molecule has 1 fully saturated rings. The van der Waals surface area contributed by atoms with Crippen LogP contribution in [0.4, 0.5) is 0 Å². The van der Waals surface area contributed by atoms with Crippen molar-refractivity contribution in [2.45, 2.75) is 32.7 Å². The van der Waals surface area contributed by atoms with Gasteiger partial charge in [0.25, 0.3) is 0 Å². The van der Waals surface area contributed by atoms with Gasteiger partial charge in [-0.2, -0.15) is 0 Å². The molecule has 1 aromatic rings. The molecular weight excluding hydrogens is 170 g/mol. The normalized spacial score (nSPS) is 26.7. The first-order valence-electron chi connectivity index (χ1n) is 5.54. The van der Waals surface area contributed by atoms with Gasteiger partial charge in [-0.25, -0.2) is 0 Å². The average Bonchev–Trinajstić information content (AvgIpc) is 2.56. The number of benzene rings is 1. The lowest BCUT2D eigenvalue weighted by Crippen LogP contribution is -2.27. The summed E-state index contributed by atoms with van der Waals surface area (Å²) in [4.78, 5) is 0. The Morgan fingerprint density at radius 2 is 2.00 bits per heavy atom. The summed E-state index contributed by atoms with van der Waals surface area (Å²) in [5.41, 5.74) is 2.81. The van der Waals surface area contributed by atoms with Crippen molar-refractivity contribution in [1.82, 2.24) is 5.32 Å². The molecule has 1 heterocycles. The molecule has 1 aliphatic rings. The van der Waals surface area contributed by atoms with E-state index in [1.165, 1.54) is 30.5 Å². The number of rotatable bonds is 2. The van der Waals surface area contributed by atoms with E-state index in [2.05, 4.69) is 43.4 Å². The third kappa shape index (κ3) is 2.16. The van der Waals surface area contributed by atoms with Crippen LogP contribution in [-0.4, -0.2) is 12.6 Å². The Kier molecular flexibility index (Phi) is 2.87. The van der Waals surface area contributed by atoms with Crippen LogP contribution >= 0.6 is 0 Å². The monoisotopic (exact) mass is 189 g/mol. The summed E-state index contributed by atoms with van der Waals surface area (Å²) in [5.74, 6) is 0.830. The van der Waals surface area contributed by atoms with Crippen LogP contribution in [0, 0.1) is 12.8 Å². The maximum atomic E-state index is 3.57. The second-order valence-electron chi connectivity index (χ2n) is 4.52. The van der Waals surface area contributed by atoms with Crippen LogP contribution in [0.25, 0.3) is 0 Å². The number of hydrogen-bond donors (Lipinski definition) is 1. The lowest BCUT2D eigenvalue weighted by molar-refractivity contribution is 0.480. The Morgan fingerprint density at radius 3 is 2.57 bits per heavy atom. The molecule has 1 heteroatoms. The van der Waals surface area contributed by atoms with E-state index in [0.717, 1.165) is 5.92 Å². The molecule has 76 valence electrons. The highest BCUT2D eigenvalue weighted by molar-refractivity contribution is 5.22. The summed E-state index contributed by atoms with van der Waals surface area (Å²) >= 11 is 0. The van der Waals surface area contributed by atoms with Gasteiger partial charge in [0.15, 0.2) is 0 Å². The predicted octanol–water partition coefficient (Wildman–Crippen LogP) is 2.54. The van der Waals surface area contributed by atoms with Crippen LogP contribution in [0.3, 0.4) is 0 Å². The SMILES string of the molecule is Cc1ccc(CC2NCCC2C)cc1. The van der Waals surface area contributed by atoms with Crippen molar-refractivity contribution in [1.29, 1.82) is 0 Å². The fraction of sp³-hybridized carbons (Fsp3) is 0.538. The van der Waals surface area contributed by atoms with Gasteiger partial charge >= 0.3 is 0 Å². The molecular formula is C13H19N. The fourth-order valence-electron chi connectivity index (χ4n) is 2.15. The van der Waals surface area contributed by atoms with E-state index in [-0.39, 0.29) is 0 Å². The minimum atomic E-state index is 0.692. The van der Waals surface area contributed by atoms with Crippen molar-refractivity contribution in [3.63, 3.8) is 0 Å². The van der Waals surface area contributed by atoms with Crippen molar-refractivity contribution in [3.05, 3.63) is 35.4 Å². The minimum Gasteiger partial charge on any atom is -0.313 e. The molecule has 0 radical (unpaired) electrons. The van der Waals surface area contributed by atoms with Gasteiger partial charge in [0.1, 0.15) is 0 Å². The summed E-state index contributed by atoms with van der Waals surface area (Å²) in [5, 5.41) is 3.57. The van der Waals surface area contributed by atoms with E-state index in [9.17, 15) is 0 Å². The lowest BCUT2D eigenvalue weighted by atomic mass is 9.96. The van der Waals surface area contributed by atoms with Gasteiger partial charge in [-0.05, 0) is 37.8 Å². The Bertz CT molecular complexity index is 289. The lowest BCUT2D eigenvalue weighted by Gasteiger charge is -2.15. The summed E-state index contributed by atoms with van der Waals surface area (Å²) in [6.45, 7) is 5.68. The highest BCUT2D eigenvalue weighted by atomic mass is 14.9. The second-order valence-corrected chi connectivity index (χ2v) is 4.52. The summed E-state index contributed by atoms with van der Waals surface area (Å²) < 4.78 is 0. The van der Waals surface area contributed by atoms with E-state index in [4.69, 9.17) is 0 Å². The van der Waals surface area contributed by atoms with Crippen LogP contribution in [-0.2, 0) is 6.42 Å². The first kappa shape index (κ1) is 9.72. The number of aryl methyl sites for hydroxylation is 1. The maximum Gasteiger partial charge on any atom is 0.0134 e. The van der Waals surface area contributed by atoms with Crippen LogP contribution in [0.15, 0.2) is 24.3 Å². The van der Waals surface area contributed by atoms with Gasteiger partial charge in [-0.3, -0.25) is 0 Å². The number of nitrogens with one attached hydrogen (secondary N) is 1. The number of hydrogen-bond acceptors (Lipinski definition) is 1. The van der Waals surface area contributed by atoms with Crippen LogP contribution in [0.2, 0.25) is 0 Å². The zero-order valence-corrected chi connectivity index (χ0v) is 9.09. The highest BCUT2D eigenvalue weighted by Crippen LogP contribution is 2.18. The van der Waals surface area contributed by atoms with Gasteiger partial charge in [0.2, 0.25) is 0 Å². The van der Waals surface area contributed by atoms with E-state index < -0.39 is 0 Å². The van der Waals surface area contributed by atoms with Crippen LogP contribution in [0.1, 0.15) is 24.5 Å². The Hall–Kier alpha value is -0.820. The van der Waals surface area contributed by atoms with Gasteiger partial charge in [-0.15, -0.1) is 0 Å². The molecule has 1 nitrogen and oxygen atoms in total. The van der Waals surface area contributed by atoms with E-state index in [1.54, 1.807) is 0 Å². The zero-order chi connectivity index (χ0) is 9.97. The molecule has 0 bridgehead atoms. The van der Waals surface area contributed by atoms with Gasteiger partial charge in [0, 0.05) is 6.04 Å². The van der Waals surface area contributed by atoms with E-state index in [1.807, 2.05) is 0 Å². The molecule has 1 N–H and O–H groups in total. The molecule has 1 aromatic carbocycles. The molecule has 2 rings (SSSR count). The third-order valence-corrected chi connectivity index (χ3v) is 3.27. The van der Waals surface area contributed by atoms with Gasteiger partial charge < -0.3 is 5.32 Å². The molecule has 0 amide bonds. The van der Waals surface area contributed by atoms with Crippen molar-refractivity contribution < 1.29 is 0 Å². The summed E-state index contributed by atoms with van der Waals surface area (Å²) in [7, 11) is 0. The van der Waals surface area contributed by atoms with Gasteiger partial charge in [0.05, 0.1) is 0 Å². The van der Waals surface area contributed by atoms with Gasteiger partial charge in [-0.1, -0.05) is 36.8 Å². The molecule has 1 saturated heterocycles. The Balaban J connectivity index is 2.00. The van der Waals surface area contributed by atoms with Crippen molar-refractivity contribution in [2.24, 2.45) is 5.92 Å². The smallest absolute Gasteiger partial charge is 0.0134 e. The standard InChI is InChI=1S/C13H19N/c1-10-3-5-12(6-4-10)9-13-11(2)7-8-14-13/h3-6,11,13-14H,7-9H2,1-2H3. The molecule has 2 atom stereocenters. The second kappa shape index (κ2) is 4.14. The Morgan fingerprint density at radius 1 is 1.29 bits per heavy atom. The van der Waals surface area contributed by atoms with Crippen LogP contribution in [0.5, 0.6) is 0 Å². The van der Waals surface area contributed by atoms with E-state index in [0.29, 0.717) is 6.04 Å². The summed E-state index contributed by atoms with van der Waals surface area (Å²) in [6.07, 6.45) is 2.51. The predicted molar refractivity (Wildman–Crippen MR) is 60.5 cm³/mol. The minimum absolute atomic E-state index is 0.692. The quantitative estimate of drug-likeness (QED) is 0.754. The molecule has 1 aliphatic heterocycles. The van der Waals surface area contributed by atoms with Crippen molar-refractivity contribution in [3.8, 4) is 0 Å². The molecule has 0 spiro atoms. The molecule has 0 aromatic heterocycles. The molecule has 0 saturated carbocycles. The zero-order valence-electron chi connectivity index (χ0n) is 9.09. The third-order valence-electron chi connectivity index (χ3n) is 3.27. The molecule has 0 aliphatic carbocycles. The van der Waals surface area contributed by atoms with Crippen molar-refractivity contribution >= 4 is 0 Å². The fourth-order valence-corrected chi connectivity index (χ4v) is 2.15. The molecule has 2 unspecified atom stereocenters. The van der Waals surface area contributed by atoms with Crippen LogP contribution < -0.4 is 5.32 Å². The first-order chi connectivity index (χ1) is 6.75. The van der Waals surface area contributed by atoms with E-state index >= 15 is 0 Å². The maximum absolute atomic E-state index is 3.57. The first-order valence-corrected chi connectivity index (χ1v) is 5.54. The average molecular weight is 189 g/mol. The summed E-state index contributed by atoms with van der Waals surface area (Å²) in [6, 6.07) is 9.60.